The molecule has 0 amide bonds. The molecular formula is C17H27NO. The molecule has 1 saturated carbocycles. The number of rotatable bonds is 2. The molecule has 0 saturated heterocycles. The average molecular weight is 261 g/mol. The summed E-state index contributed by atoms with van der Waals surface area (Å²) in [5.74, 6) is 2.11. The standard InChI is InChI=1S/C17H27NO/c1-11-9-13(3)16(15(10-11)19-5)17(18)8-6-7-12(2)14(17)4/h9-10,12,14H,6-8,18H2,1-5H3. The molecule has 1 aromatic rings. The zero-order chi connectivity index (χ0) is 14.2. The summed E-state index contributed by atoms with van der Waals surface area (Å²) >= 11 is 0. The number of benzene rings is 1. The minimum absolute atomic E-state index is 0.249. The van der Waals surface area contributed by atoms with Crippen LogP contribution in [0.4, 0.5) is 0 Å². The fourth-order valence-electron chi connectivity index (χ4n) is 3.74. The second kappa shape index (κ2) is 5.16. The number of hydrogen-bond acceptors (Lipinski definition) is 2. The van der Waals surface area contributed by atoms with Crippen LogP contribution < -0.4 is 10.5 Å². The predicted octanol–water partition coefficient (Wildman–Crippen LogP) is 3.92. The minimum Gasteiger partial charge on any atom is -0.496 e. The Balaban J connectivity index is 2.56. The third-order valence-corrected chi connectivity index (χ3v) is 5.05. The fraction of sp³-hybridized carbons (Fsp3) is 0.647. The minimum atomic E-state index is -0.249. The molecule has 1 fully saturated rings. The monoisotopic (exact) mass is 261 g/mol. The summed E-state index contributed by atoms with van der Waals surface area (Å²) in [5, 5.41) is 0. The molecule has 2 nitrogen and oxygen atoms in total. The highest BCUT2D eigenvalue weighted by atomic mass is 16.5. The third kappa shape index (κ3) is 2.38. The lowest BCUT2D eigenvalue weighted by molar-refractivity contribution is 0.140. The lowest BCUT2D eigenvalue weighted by atomic mass is 9.64. The van der Waals surface area contributed by atoms with Crippen molar-refractivity contribution in [3.63, 3.8) is 0 Å². The predicted molar refractivity (Wildman–Crippen MR) is 80.5 cm³/mol. The Labute approximate surface area is 117 Å². The number of ether oxygens (including phenoxy) is 1. The average Bonchev–Trinajstić information content (AvgIpc) is 2.34. The summed E-state index contributed by atoms with van der Waals surface area (Å²) in [7, 11) is 1.75. The molecule has 1 aliphatic carbocycles. The maximum atomic E-state index is 6.86. The van der Waals surface area contributed by atoms with Crippen molar-refractivity contribution in [2.45, 2.75) is 52.5 Å². The van der Waals surface area contributed by atoms with E-state index in [4.69, 9.17) is 10.5 Å². The first kappa shape index (κ1) is 14.4. The summed E-state index contributed by atoms with van der Waals surface area (Å²) in [6.45, 7) is 8.88. The molecule has 0 radical (unpaired) electrons. The van der Waals surface area contributed by atoms with Crippen LogP contribution in [-0.4, -0.2) is 7.11 Å². The van der Waals surface area contributed by atoms with Crippen molar-refractivity contribution in [2.24, 2.45) is 17.6 Å². The third-order valence-electron chi connectivity index (χ3n) is 5.05. The second-order valence-electron chi connectivity index (χ2n) is 6.36. The number of hydrogen-bond donors (Lipinski definition) is 1. The highest BCUT2D eigenvalue weighted by Crippen LogP contribution is 2.46. The van der Waals surface area contributed by atoms with Crippen LogP contribution in [0.2, 0.25) is 0 Å². The smallest absolute Gasteiger partial charge is 0.124 e. The van der Waals surface area contributed by atoms with E-state index in [0.29, 0.717) is 11.8 Å². The van der Waals surface area contributed by atoms with E-state index in [1.807, 2.05) is 0 Å². The van der Waals surface area contributed by atoms with Crippen molar-refractivity contribution >= 4 is 0 Å². The molecule has 3 atom stereocenters. The van der Waals surface area contributed by atoms with Gasteiger partial charge in [-0.15, -0.1) is 0 Å². The van der Waals surface area contributed by atoms with Crippen LogP contribution in [0.1, 0.15) is 49.8 Å². The van der Waals surface area contributed by atoms with E-state index in [9.17, 15) is 0 Å². The molecule has 106 valence electrons. The van der Waals surface area contributed by atoms with Crippen molar-refractivity contribution in [3.8, 4) is 5.75 Å². The molecule has 1 aliphatic rings. The van der Waals surface area contributed by atoms with Gasteiger partial charge in [-0.2, -0.15) is 0 Å². The Bertz CT molecular complexity index is 469. The Morgan fingerprint density at radius 1 is 1.26 bits per heavy atom. The van der Waals surface area contributed by atoms with E-state index >= 15 is 0 Å². The normalized spacial score (nSPS) is 31.3. The van der Waals surface area contributed by atoms with Crippen LogP contribution in [0.25, 0.3) is 0 Å². The Morgan fingerprint density at radius 2 is 1.95 bits per heavy atom. The molecule has 3 unspecified atom stereocenters. The molecule has 1 aromatic carbocycles. The van der Waals surface area contributed by atoms with E-state index in [2.05, 4.69) is 39.8 Å². The van der Waals surface area contributed by atoms with Gasteiger partial charge in [-0.05, 0) is 49.3 Å². The topological polar surface area (TPSA) is 35.2 Å². The Hall–Kier alpha value is -1.02. The van der Waals surface area contributed by atoms with Gasteiger partial charge in [-0.1, -0.05) is 32.8 Å². The van der Waals surface area contributed by atoms with Crippen LogP contribution in [0.5, 0.6) is 5.75 Å². The Morgan fingerprint density at radius 3 is 2.58 bits per heavy atom. The zero-order valence-corrected chi connectivity index (χ0v) is 12.9. The van der Waals surface area contributed by atoms with Gasteiger partial charge >= 0.3 is 0 Å². The van der Waals surface area contributed by atoms with E-state index in [-0.39, 0.29) is 5.54 Å². The van der Waals surface area contributed by atoms with Gasteiger partial charge in [0.05, 0.1) is 7.11 Å². The number of nitrogens with two attached hydrogens (primary N) is 1. The first-order valence-electron chi connectivity index (χ1n) is 7.34. The molecule has 0 bridgehead atoms. The van der Waals surface area contributed by atoms with Gasteiger partial charge in [0.1, 0.15) is 5.75 Å². The summed E-state index contributed by atoms with van der Waals surface area (Å²) in [6.07, 6.45) is 3.55. The maximum Gasteiger partial charge on any atom is 0.124 e. The maximum absolute atomic E-state index is 6.86. The second-order valence-corrected chi connectivity index (χ2v) is 6.36. The zero-order valence-electron chi connectivity index (χ0n) is 12.9. The van der Waals surface area contributed by atoms with Crippen LogP contribution in [-0.2, 0) is 5.54 Å². The van der Waals surface area contributed by atoms with Gasteiger partial charge in [-0.3, -0.25) is 0 Å². The van der Waals surface area contributed by atoms with E-state index in [1.54, 1.807) is 7.11 Å². The van der Waals surface area contributed by atoms with Crippen molar-refractivity contribution in [1.29, 1.82) is 0 Å². The largest absolute Gasteiger partial charge is 0.496 e. The molecule has 2 heteroatoms. The van der Waals surface area contributed by atoms with E-state index < -0.39 is 0 Å². The molecule has 0 aromatic heterocycles. The molecule has 0 aliphatic heterocycles. The SMILES string of the molecule is COc1cc(C)cc(C)c1C1(N)CCCC(C)C1C. The van der Waals surface area contributed by atoms with Crippen LogP contribution in [0.3, 0.4) is 0 Å². The van der Waals surface area contributed by atoms with E-state index in [0.717, 1.165) is 12.2 Å². The van der Waals surface area contributed by atoms with Crippen molar-refractivity contribution in [3.05, 3.63) is 28.8 Å². The van der Waals surface area contributed by atoms with Crippen molar-refractivity contribution in [2.75, 3.05) is 7.11 Å². The van der Waals surface area contributed by atoms with Crippen LogP contribution in [0.15, 0.2) is 12.1 Å². The van der Waals surface area contributed by atoms with Crippen LogP contribution >= 0.6 is 0 Å². The van der Waals surface area contributed by atoms with Gasteiger partial charge in [0.2, 0.25) is 0 Å². The van der Waals surface area contributed by atoms with E-state index in [1.165, 1.54) is 29.5 Å². The van der Waals surface area contributed by atoms with Gasteiger partial charge in [0, 0.05) is 11.1 Å². The number of methoxy groups -OCH3 is 1. The van der Waals surface area contributed by atoms with Gasteiger partial charge < -0.3 is 10.5 Å². The van der Waals surface area contributed by atoms with Crippen LogP contribution in [0, 0.1) is 25.7 Å². The summed E-state index contributed by atoms with van der Waals surface area (Å²) in [5.41, 5.74) is 10.3. The summed E-state index contributed by atoms with van der Waals surface area (Å²) in [6, 6.07) is 4.33. The molecule has 0 spiro atoms. The first-order chi connectivity index (χ1) is 8.90. The summed E-state index contributed by atoms with van der Waals surface area (Å²) in [4.78, 5) is 0. The van der Waals surface area contributed by atoms with Gasteiger partial charge in [-0.25, -0.2) is 0 Å². The summed E-state index contributed by atoms with van der Waals surface area (Å²) < 4.78 is 5.63. The molecule has 19 heavy (non-hydrogen) atoms. The van der Waals surface area contributed by atoms with Crippen molar-refractivity contribution in [1.82, 2.24) is 0 Å². The fourth-order valence-corrected chi connectivity index (χ4v) is 3.74. The lowest BCUT2D eigenvalue weighted by Gasteiger charge is -2.45. The molecule has 2 rings (SSSR count). The van der Waals surface area contributed by atoms with Gasteiger partial charge in [0.15, 0.2) is 0 Å². The lowest BCUT2D eigenvalue weighted by Crippen LogP contribution is -2.48. The highest BCUT2D eigenvalue weighted by Gasteiger charge is 2.42. The first-order valence-corrected chi connectivity index (χ1v) is 7.34. The quantitative estimate of drug-likeness (QED) is 0.875. The molecule has 2 N–H and O–H groups in total. The van der Waals surface area contributed by atoms with Gasteiger partial charge in [0.25, 0.3) is 0 Å². The molecule has 0 heterocycles. The Kier molecular flexibility index (Phi) is 3.91. The highest BCUT2D eigenvalue weighted by molar-refractivity contribution is 5.48. The molecular weight excluding hydrogens is 234 g/mol. The van der Waals surface area contributed by atoms with Crippen molar-refractivity contribution < 1.29 is 4.74 Å². The number of aryl methyl sites for hydroxylation is 2.